The van der Waals surface area contributed by atoms with Crippen LogP contribution in [-0.2, 0) is 19.4 Å². The lowest BCUT2D eigenvalue weighted by molar-refractivity contribution is 0.276. The molecule has 1 aromatic heterocycles. The minimum atomic E-state index is 0.0550. The first-order valence-electron chi connectivity index (χ1n) is 5.76. The minimum absolute atomic E-state index is 0.0550. The molecule has 4 heteroatoms. The van der Waals surface area contributed by atoms with Gasteiger partial charge in [-0.1, -0.05) is 13.0 Å². The van der Waals surface area contributed by atoms with Crippen LogP contribution < -0.4 is 0 Å². The summed E-state index contributed by atoms with van der Waals surface area (Å²) in [5.74, 6) is 0.727. The van der Waals surface area contributed by atoms with Gasteiger partial charge in [-0.25, -0.2) is 4.98 Å². The predicted molar refractivity (Wildman–Crippen MR) is 65.5 cm³/mol. The van der Waals surface area contributed by atoms with Gasteiger partial charge in [0.1, 0.15) is 5.82 Å². The topological polar surface area (TPSA) is 61.8 Å². The lowest BCUT2D eigenvalue weighted by Crippen LogP contribution is -2.06. The third-order valence-corrected chi connectivity index (χ3v) is 2.86. The quantitative estimate of drug-likeness (QED) is 0.867. The summed E-state index contributed by atoms with van der Waals surface area (Å²) in [5, 5.41) is 17.8. The number of aryl methyl sites for hydroxylation is 1. The molecule has 0 amide bonds. The van der Waals surface area contributed by atoms with Crippen LogP contribution in [-0.4, -0.2) is 21.3 Å². The Hall–Kier alpha value is -1.86. The second-order valence-electron chi connectivity index (χ2n) is 3.91. The zero-order valence-corrected chi connectivity index (χ0v) is 9.85. The molecule has 0 saturated heterocycles. The Kier molecular flexibility index (Phi) is 3.40. The van der Waals surface area contributed by atoms with Crippen molar-refractivity contribution in [3.8, 4) is 6.07 Å². The van der Waals surface area contributed by atoms with E-state index in [1.807, 2.05) is 16.7 Å². The fourth-order valence-corrected chi connectivity index (χ4v) is 2.00. The summed E-state index contributed by atoms with van der Waals surface area (Å²) >= 11 is 0. The third kappa shape index (κ3) is 2.15. The first-order valence-corrected chi connectivity index (χ1v) is 5.76. The Bertz CT molecular complexity index is 566. The van der Waals surface area contributed by atoms with Gasteiger partial charge in [0.25, 0.3) is 0 Å². The van der Waals surface area contributed by atoms with E-state index in [1.54, 1.807) is 0 Å². The van der Waals surface area contributed by atoms with E-state index in [-0.39, 0.29) is 13.0 Å². The second kappa shape index (κ2) is 4.98. The standard InChI is InChI=1S/C13H15N3O/c1-2-10-3-4-12-11(9-10)15-13(5-6-14)16(12)7-8-17/h3-4,9,17H,2,5,7-8H2,1H3. The lowest BCUT2D eigenvalue weighted by Gasteiger charge is -2.04. The maximum atomic E-state index is 9.06. The molecule has 1 heterocycles. The summed E-state index contributed by atoms with van der Waals surface area (Å²) in [6.07, 6.45) is 1.24. The highest BCUT2D eigenvalue weighted by molar-refractivity contribution is 5.77. The van der Waals surface area contributed by atoms with Crippen LogP contribution >= 0.6 is 0 Å². The number of aromatic nitrogens is 2. The van der Waals surface area contributed by atoms with Crippen molar-refractivity contribution in [2.24, 2.45) is 0 Å². The number of rotatable bonds is 4. The van der Waals surface area contributed by atoms with Gasteiger partial charge in [0, 0.05) is 6.54 Å². The van der Waals surface area contributed by atoms with E-state index in [4.69, 9.17) is 10.4 Å². The van der Waals surface area contributed by atoms with Gasteiger partial charge in [0.05, 0.1) is 30.1 Å². The summed E-state index contributed by atoms with van der Waals surface area (Å²) in [4.78, 5) is 4.46. The van der Waals surface area contributed by atoms with E-state index >= 15 is 0 Å². The van der Waals surface area contributed by atoms with Gasteiger partial charge < -0.3 is 9.67 Å². The van der Waals surface area contributed by atoms with Crippen LogP contribution in [0.3, 0.4) is 0 Å². The molecule has 1 N–H and O–H groups in total. The van der Waals surface area contributed by atoms with E-state index in [2.05, 4.69) is 24.0 Å². The highest BCUT2D eigenvalue weighted by Crippen LogP contribution is 2.18. The average Bonchev–Trinajstić information content (AvgIpc) is 2.68. The fraction of sp³-hybridized carbons (Fsp3) is 0.385. The molecule has 0 aliphatic heterocycles. The third-order valence-electron chi connectivity index (χ3n) is 2.86. The molecular weight excluding hydrogens is 214 g/mol. The molecule has 0 unspecified atom stereocenters. The van der Waals surface area contributed by atoms with Crippen LogP contribution in [0.15, 0.2) is 18.2 Å². The van der Waals surface area contributed by atoms with Crippen molar-refractivity contribution in [3.63, 3.8) is 0 Å². The average molecular weight is 229 g/mol. The summed E-state index contributed by atoms with van der Waals surface area (Å²) in [6.45, 7) is 2.64. The van der Waals surface area contributed by atoms with Crippen molar-refractivity contribution < 1.29 is 5.11 Å². The van der Waals surface area contributed by atoms with E-state index < -0.39 is 0 Å². The number of aliphatic hydroxyl groups is 1. The molecule has 2 rings (SSSR count). The summed E-state index contributed by atoms with van der Waals surface area (Å²) < 4.78 is 1.91. The van der Waals surface area contributed by atoms with Crippen LogP contribution in [0.2, 0.25) is 0 Å². The Morgan fingerprint density at radius 3 is 2.94 bits per heavy atom. The van der Waals surface area contributed by atoms with Gasteiger partial charge in [-0.3, -0.25) is 0 Å². The van der Waals surface area contributed by atoms with Gasteiger partial charge in [0.2, 0.25) is 0 Å². The molecule has 88 valence electrons. The van der Waals surface area contributed by atoms with E-state index in [1.165, 1.54) is 5.56 Å². The van der Waals surface area contributed by atoms with Crippen LogP contribution in [0.4, 0.5) is 0 Å². The fourth-order valence-electron chi connectivity index (χ4n) is 2.00. The number of aliphatic hydroxyl groups excluding tert-OH is 1. The molecule has 2 aromatic rings. The normalized spacial score (nSPS) is 10.6. The molecule has 0 bridgehead atoms. The van der Waals surface area contributed by atoms with Crippen molar-refractivity contribution in [2.75, 3.05) is 6.61 Å². The highest BCUT2D eigenvalue weighted by atomic mass is 16.3. The lowest BCUT2D eigenvalue weighted by atomic mass is 10.1. The molecule has 4 nitrogen and oxygen atoms in total. The van der Waals surface area contributed by atoms with E-state index in [0.717, 1.165) is 23.3 Å². The number of hydrogen-bond acceptors (Lipinski definition) is 3. The molecule has 17 heavy (non-hydrogen) atoms. The molecule has 0 atom stereocenters. The van der Waals surface area contributed by atoms with Crippen LogP contribution in [0.25, 0.3) is 11.0 Å². The maximum Gasteiger partial charge on any atom is 0.124 e. The molecule has 0 aliphatic carbocycles. The van der Waals surface area contributed by atoms with Crippen molar-refractivity contribution >= 4 is 11.0 Å². The molecule has 0 radical (unpaired) electrons. The largest absolute Gasteiger partial charge is 0.395 e. The Labute approximate surface area is 100 Å². The summed E-state index contributed by atoms with van der Waals surface area (Å²) in [7, 11) is 0. The van der Waals surface area contributed by atoms with Crippen LogP contribution in [0, 0.1) is 11.3 Å². The van der Waals surface area contributed by atoms with Gasteiger partial charge in [-0.05, 0) is 24.1 Å². The Balaban J connectivity index is 2.57. The predicted octanol–water partition coefficient (Wildman–Crippen LogP) is 1.66. The van der Waals surface area contributed by atoms with Crippen molar-refractivity contribution in [1.29, 1.82) is 5.26 Å². The molecule has 0 saturated carbocycles. The molecule has 0 spiro atoms. The van der Waals surface area contributed by atoms with Crippen molar-refractivity contribution in [2.45, 2.75) is 26.3 Å². The number of nitriles is 1. The first kappa shape index (κ1) is 11.6. The van der Waals surface area contributed by atoms with Gasteiger partial charge in [-0.15, -0.1) is 0 Å². The van der Waals surface area contributed by atoms with Crippen LogP contribution in [0.5, 0.6) is 0 Å². The number of nitrogens with zero attached hydrogens (tertiary/aromatic N) is 3. The molecule has 0 fully saturated rings. The minimum Gasteiger partial charge on any atom is -0.395 e. The number of hydrogen-bond donors (Lipinski definition) is 1. The SMILES string of the molecule is CCc1ccc2c(c1)nc(CC#N)n2CCO. The van der Waals surface area contributed by atoms with Crippen LogP contribution in [0.1, 0.15) is 18.3 Å². The zero-order chi connectivity index (χ0) is 12.3. The van der Waals surface area contributed by atoms with Gasteiger partial charge in [0.15, 0.2) is 0 Å². The van der Waals surface area contributed by atoms with Gasteiger partial charge >= 0.3 is 0 Å². The van der Waals surface area contributed by atoms with Crippen molar-refractivity contribution in [1.82, 2.24) is 9.55 Å². The van der Waals surface area contributed by atoms with Crippen molar-refractivity contribution in [3.05, 3.63) is 29.6 Å². The molecule has 0 aliphatic rings. The van der Waals surface area contributed by atoms with Gasteiger partial charge in [-0.2, -0.15) is 5.26 Å². The summed E-state index contributed by atoms with van der Waals surface area (Å²) in [5.41, 5.74) is 3.12. The molecular formula is C13H15N3O. The zero-order valence-electron chi connectivity index (χ0n) is 9.85. The smallest absolute Gasteiger partial charge is 0.124 e. The Morgan fingerprint density at radius 2 is 2.29 bits per heavy atom. The monoisotopic (exact) mass is 229 g/mol. The summed E-state index contributed by atoms with van der Waals surface area (Å²) in [6, 6.07) is 8.23. The number of benzene rings is 1. The highest BCUT2D eigenvalue weighted by Gasteiger charge is 2.10. The maximum absolute atomic E-state index is 9.06. The van der Waals surface area contributed by atoms with E-state index in [0.29, 0.717) is 6.54 Å². The Morgan fingerprint density at radius 1 is 1.47 bits per heavy atom. The molecule has 1 aromatic carbocycles. The first-order chi connectivity index (χ1) is 8.30. The number of fused-ring (bicyclic) bond motifs is 1. The second-order valence-corrected chi connectivity index (χ2v) is 3.91. The van der Waals surface area contributed by atoms with E-state index in [9.17, 15) is 0 Å². The number of imidazole rings is 1.